The van der Waals surface area contributed by atoms with Gasteiger partial charge in [-0.15, -0.1) is 0 Å². The van der Waals surface area contributed by atoms with Gasteiger partial charge in [0.15, 0.2) is 0 Å². The smallest absolute Gasteiger partial charge is 0.276 e. The maximum Gasteiger partial charge on any atom is 0.276 e. The number of nitrogens with zero attached hydrogens (tertiary/aromatic N) is 1. The summed E-state index contributed by atoms with van der Waals surface area (Å²) in [5, 5.41) is 2.47. The lowest BCUT2D eigenvalue weighted by atomic mass is 10.3. The van der Waals surface area contributed by atoms with Crippen LogP contribution in [0, 0.1) is 6.92 Å². The first kappa shape index (κ1) is 16.3. The number of carbonyl (C=O) groups excluding carboxylic acids is 1. The van der Waals surface area contributed by atoms with Crippen LogP contribution in [0.1, 0.15) is 5.69 Å². The van der Waals surface area contributed by atoms with E-state index in [2.05, 4.69) is 10.3 Å². The molecule has 1 heterocycles. The highest BCUT2D eigenvalue weighted by molar-refractivity contribution is 6.76. The van der Waals surface area contributed by atoms with Gasteiger partial charge in [0.25, 0.3) is 9.70 Å². The molecule has 0 aliphatic heterocycles. The van der Waals surface area contributed by atoms with Gasteiger partial charge in [-0.2, -0.15) is 0 Å². The van der Waals surface area contributed by atoms with Gasteiger partial charge in [-0.3, -0.25) is 4.79 Å². The van der Waals surface area contributed by atoms with Crippen molar-refractivity contribution in [2.45, 2.75) is 10.7 Å². The molecule has 106 valence electrons. The first-order chi connectivity index (χ1) is 8.84. The van der Waals surface area contributed by atoms with Gasteiger partial charge in [0.1, 0.15) is 6.61 Å². The van der Waals surface area contributed by atoms with Crippen LogP contribution in [0.5, 0.6) is 5.88 Å². The molecule has 0 saturated carbocycles. The van der Waals surface area contributed by atoms with Crippen molar-refractivity contribution >= 4 is 46.4 Å². The lowest BCUT2D eigenvalue weighted by molar-refractivity contribution is -0.115. The van der Waals surface area contributed by atoms with Gasteiger partial charge in [0, 0.05) is 13.2 Å². The number of ether oxygens (including phenoxy) is 2. The fourth-order valence-electron chi connectivity index (χ4n) is 1.17. The van der Waals surface area contributed by atoms with Crippen LogP contribution in [0.25, 0.3) is 0 Å². The molecule has 0 aliphatic carbocycles. The lowest BCUT2D eigenvalue weighted by Crippen LogP contribution is -2.27. The molecule has 0 unspecified atom stereocenters. The molecular weight excluding hydrogens is 314 g/mol. The summed E-state index contributed by atoms with van der Waals surface area (Å²) in [6, 6.07) is 3.23. The number of pyridine rings is 1. The molecule has 0 fully saturated rings. The van der Waals surface area contributed by atoms with Gasteiger partial charge in [-0.25, -0.2) is 4.98 Å². The van der Waals surface area contributed by atoms with Gasteiger partial charge in [0.2, 0.25) is 5.88 Å². The predicted molar refractivity (Wildman–Crippen MR) is 75.3 cm³/mol. The van der Waals surface area contributed by atoms with E-state index in [1.807, 2.05) is 0 Å². The summed E-state index contributed by atoms with van der Waals surface area (Å²) in [5.41, 5.74) is 1.01. The first-order valence-corrected chi connectivity index (χ1v) is 6.45. The molecular formula is C11H13Cl3N2O3. The van der Waals surface area contributed by atoms with E-state index in [1.54, 1.807) is 26.2 Å². The average molecular weight is 328 g/mol. The summed E-state index contributed by atoms with van der Waals surface area (Å²) in [4.78, 5) is 15.7. The molecule has 1 aromatic rings. The average Bonchev–Trinajstić information content (AvgIpc) is 2.31. The number of methoxy groups -OCH3 is 1. The van der Waals surface area contributed by atoms with Crippen LogP contribution in [0.15, 0.2) is 12.1 Å². The minimum atomic E-state index is -2.01. The summed E-state index contributed by atoms with van der Waals surface area (Å²) in [6.45, 7) is 2.56. The molecule has 0 aliphatic rings. The second kappa shape index (κ2) is 7.14. The third kappa shape index (κ3) is 5.40. The van der Waals surface area contributed by atoms with E-state index in [1.165, 1.54) is 0 Å². The zero-order valence-electron chi connectivity index (χ0n) is 10.4. The summed E-state index contributed by atoms with van der Waals surface area (Å²) in [5.74, 6) is -0.308. The Balaban J connectivity index is 2.69. The summed E-state index contributed by atoms with van der Waals surface area (Å²) >= 11 is 16.4. The van der Waals surface area contributed by atoms with Crippen LogP contribution in [0.2, 0.25) is 0 Å². The molecule has 0 saturated heterocycles. The van der Waals surface area contributed by atoms with Crippen molar-refractivity contribution in [3.8, 4) is 5.88 Å². The van der Waals surface area contributed by atoms with Gasteiger partial charge in [-0.1, -0.05) is 34.8 Å². The number of anilines is 1. The molecule has 1 N–H and O–H groups in total. The largest absolute Gasteiger partial charge is 0.475 e. The Morgan fingerprint density at radius 3 is 2.58 bits per heavy atom. The number of hydrogen-bond acceptors (Lipinski definition) is 4. The van der Waals surface area contributed by atoms with Crippen molar-refractivity contribution in [1.82, 2.24) is 4.98 Å². The van der Waals surface area contributed by atoms with Crippen molar-refractivity contribution in [1.29, 1.82) is 0 Å². The summed E-state index contributed by atoms with van der Waals surface area (Å²) < 4.78 is 8.17. The van der Waals surface area contributed by atoms with Crippen LogP contribution in [-0.4, -0.2) is 35.0 Å². The zero-order valence-corrected chi connectivity index (χ0v) is 12.6. The topological polar surface area (TPSA) is 60.5 Å². The standard InChI is InChI=1S/C11H13Cl3N2O3/c1-7-8(16-10(17)11(12,13)14)3-4-9(15-7)19-6-5-18-2/h3-4H,5-6H2,1-2H3,(H,16,17). The number of amides is 1. The molecule has 0 atom stereocenters. The van der Waals surface area contributed by atoms with Crippen molar-refractivity contribution in [3.05, 3.63) is 17.8 Å². The Labute approximate surface area is 126 Å². The van der Waals surface area contributed by atoms with E-state index in [9.17, 15) is 4.79 Å². The van der Waals surface area contributed by atoms with Gasteiger partial charge < -0.3 is 14.8 Å². The van der Waals surface area contributed by atoms with Crippen molar-refractivity contribution in [2.24, 2.45) is 0 Å². The molecule has 5 nitrogen and oxygen atoms in total. The Hall–Kier alpha value is -0.750. The van der Waals surface area contributed by atoms with Gasteiger partial charge in [0.05, 0.1) is 18.0 Å². The summed E-state index contributed by atoms with van der Waals surface area (Å²) in [7, 11) is 1.58. The Bertz CT molecular complexity index is 449. The number of aryl methyl sites for hydroxylation is 1. The minimum Gasteiger partial charge on any atom is -0.475 e. The molecule has 0 radical (unpaired) electrons. The number of aromatic nitrogens is 1. The van der Waals surface area contributed by atoms with E-state index in [0.29, 0.717) is 30.5 Å². The Kier molecular flexibility index (Phi) is 6.13. The summed E-state index contributed by atoms with van der Waals surface area (Å²) in [6.07, 6.45) is 0. The molecule has 1 aromatic heterocycles. The van der Waals surface area contributed by atoms with Crippen molar-refractivity contribution in [2.75, 3.05) is 25.6 Å². The fraction of sp³-hybridized carbons (Fsp3) is 0.455. The maximum absolute atomic E-state index is 11.5. The minimum absolute atomic E-state index is 0.392. The number of alkyl halides is 3. The molecule has 0 spiro atoms. The molecule has 0 aromatic carbocycles. The number of carbonyl (C=O) groups is 1. The maximum atomic E-state index is 11.5. The zero-order chi connectivity index (χ0) is 14.5. The van der Waals surface area contributed by atoms with Crippen molar-refractivity contribution in [3.63, 3.8) is 0 Å². The highest BCUT2D eigenvalue weighted by atomic mass is 35.6. The van der Waals surface area contributed by atoms with E-state index < -0.39 is 9.70 Å². The van der Waals surface area contributed by atoms with Crippen LogP contribution in [0.3, 0.4) is 0 Å². The van der Waals surface area contributed by atoms with Crippen LogP contribution in [0.4, 0.5) is 5.69 Å². The molecule has 1 rings (SSSR count). The Morgan fingerprint density at radius 2 is 2.05 bits per heavy atom. The monoisotopic (exact) mass is 326 g/mol. The number of halogens is 3. The predicted octanol–water partition coefficient (Wildman–Crippen LogP) is 2.72. The molecule has 19 heavy (non-hydrogen) atoms. The quantitative estimate of drug-likeness (QED) is 0.667. The van der Waals surface area contributed by atoms with Gasteiger partial charge >= 0.3 is 0 Å². The van der Waals surface area contributed by atoms with Crippen LogP contribution in [-0.2, 0) is 9.53 Å². The number of hydrogen-bond donors (Lipinski definition) is 1. The first-order valence-electron chi connectivity index (χ1n) is 5.32. The van der Waals surface area contributed by atoms with E-state index in [-0.39, 0.29) is 0 Å². The molecule has 8 heteroatoms. The van der Waals surface area contributed by atoms with E-state index in [0.717, 1.165) is 0 Å². The third-order valence-corrected chi connectivity index (χ3v) is 2.62. The van der Waals surface area contributed by atoms with Crippen LogP contribution < -0.4 is 10.1 Å². The van der Waals surface area contributed by atoms with E-state index >= 15 is 0 Å². The van der Waals surface area contributed by atoms with Crippen LogP contribution >= 0.6 is 34.8 Å². The molecule has 1 amide bonds. The SMILES string of the molecule is COCCOc1ccc(NC(=O)C(Cl)(Cl)Cl)c(C)n1. The lowest BCUT2D eigenvalue weighted by Gasteiger charge is -2.13. The normalized spacial score (nSPS) is 11.2. The number of rotatable bonds is 5. The van der Waals surface area contributed by atoms with Gasteiger partial charge in [-0.05, 0) is 13.0 Å². The second-order valence-electron chi connectivity index (χ2n) is 3.58. The van der Waals surface area contributed by atoms with E-state index in [4.69, 9.17) is 44.3 Å². The fourth-order valence-corrected chi connectivity index (χ4v) is 1.31. The molecule has 0 bridgehead atoms. The Morgan fingerprint density at radius 1 is 1.37 bits per heavy atom. The highest BCUT2D eigenvalue weighted by Crippen LogP contribution is 2.28. The second-order valence-corrected chi connectivity index (χ2v) is 5.86. The van der Waals surface area contributed by atoms with Crippen molar-refractivity contribution < 1.29 is 14.3 Å². The highest BCUT2D eigenvalue weighted by Gasteiger charge is 2.30. The third-order valence-electron chi connectivity index (χ3n) is 2.10. The number of nitrogens with one attached hydrogen (secondary N) is 1.